The second kappa shape index (κ2) is 7.10. The first-order valence-electron chi connectivity index (χ1n) is 6.85. The zero-order chi connectivity index (χ0) is 15.2. The van der Waals surface area contributed by atoms with Gasteiger partial charge in [0.05, 0.1) is 6.54 Å². The monoisotopic (exact) mass is 290 g/mol. The second-order valence-corrected chi connectivity index (χ2v) is 5.19. The van der Waals surface area contributed by atoms with Gasteiger partial charge in [0.15, 0.2) is 0 Å². The van der Waals surface area contributed by atoms with Gasteiger partial charge in [-0.2, -0.15) is 0 Å². The molecule has 0 saturated heterocycles. The molecule has 0 radical (unpaired) electrons. The summed E-state index contributed by atoms with van der Waals surface area (Å²) in [6.45, 7) is 1.42. The number of rotatable bonds is 7. The van der Waals surface area contributed by atoms with E-state index in [-0.39, 0.29) is 6.61 Å². The van der Waals surface area contributed by atoms with Gasteiger partial charge in [0.25, 0.3) is 0 Å². The van der Waals surface area contributed by atoms with Gasteiger partial charge in [-0.25, -0.2) is 4.98 Å². The molecule has 0 aliphatic rings. The minimum atomic E-state index is -0.573. The van der Waals surface area contributed by atoms with Crippen molar-refractivity contribution in [2.75, 3.05) is 25.9 Å². The van der Waals surface area contributed by atoms with Gasteiger partial charge in [-0.15, -0.1) is 0 Å². The third-order valence-corrected chi connectivity index (χ3v) is 3.16. The fraction of sp³-hybridized carbons (Fsp3) is 0.400. The molecule has 1 unspecified atom stereocenters. The standard InChI is InChI=1S/C15H22N4O2/c1-18(10-15-17-6-7-19(15)2)9-13(20)11-21-14-5-3-4-12(16)8-14/h3-8,13,20H,9-11,16H2,1-2H3. The normalized spacial score (nSPS) is 12.6. The van der Waals surface area contributed by atoms with E-state index in [1.807, 2.05) is 41.9 Å². The summed E-state index contributed by atoms with van der Waals surface area (Å²) in [5.74, 6) is 1.63. The SMILES string of the molecule is CN(Cc1nccn1C)CC(O)COc1cccc(N)c1. The molecule has 0 aliphatic carbocycles. The maximum atomic E-state index is 10.0. The smallest absolute Gasteiger partial charge is 0.122 e. The van der Waals surface area contributed by atoms with Crippen LogP contribution in [0.25, 0.3) is 0 Å². The topological polar surface area (TPSA) is 76.5 Å². The van der Waals surface area contributed by atoms with Gasteiger partial charge in [-0.1, -0.05) is 6.07 Å². The average Bonchev–Trinajstić information content (AvgIpc) is 2.82. The van der Waals surface area contributed by atoms with Crippen LogP contribution in [-0.2, 0) is 13.6 Å². The van der Waals surface area contributed by atoms with Crippen LogP contribution in [0.5, 0.6) is 5.75 Å². The van der Waals surface area contributed by atoms with Crippen molar-refractivity contribution < 1.29 is 9.84 Å². The minimum absolute atomic E-state index is 0.231. The first-order valence-corrected chi connectivity index (χ1v) is 6.85. The molecule has 0 amide bonds. The molecule has 21 heavy (non-hydrogen) atoms. The molecule has 0 saturated carbocycles. The Morgan fingerprint density at radius 3 is 2.95 bits per heavy atom. The summed E-state index contributed by atoms with van der Waals surface area (Å²) in [6.07, 6.45) is 3.10. The van der Waals surface area contributed by atoms with Gasteiger partial charge >= 0.3 is 0 Å². The average molecular weight is 290 g/mol. The Balaban J connectivity index is 1.76. The fourth-order valence-corrected chi connectivity index (χ4v) is 2.06. The van der Waals surface area contributed by atoms with Crippen molar-refractivity contribution in [1.29, 1.82) is 0 Å². The second-order valence-electron chi connectivity index (χ2n) is 5.19. The predicted molar refractivity (Wildman–Crippen MR) is 81.9 cm³/mol. The lowest BCUT2D eigenvalue weighted by Gasteiger charge is -2.20. The molecule has 0 spiro atoms. The largest absolute Gasteiger partial charge is 0.491 e. The van der Waals surface area contributed by atoms with Crippen LogP contribution < -0.4 is 10.5 Å². The number of hydrogen-bond acceptors (Lipinski definition) is 5. The summed E-state index contributed by atoms with van der Waals surface area (Å²) in [5, 5.41) is 10.0. The number of aliphatic hydroxyl groups excluding tert-OH is 1. The molecule has 1 atom stereocenters. The summed E-state index contributed by atoms with van der Waals surface area (Å²) < 4.78 is 7.50. The van der Waals surface area contributed by atoms with Gasteiger partial charge in [0.2, 0.25) is 0 Å². The Bertz CT molecular complexity index is 570. The highest BCUT2D eigenvalue weighted by Gasteiger charge is 2.11. The number of nitrogen functional groups attached to an aromatic ring is 1. The lowest BCUT2D eigenvalue weighted by molar-refractivity contribution is 0.0735. The number of ether oxygens (including phenoxy) is 1. The summed E-state index contributed by atoms with van der Waals surface area (Å²) in [7, 11) is 3.90. The third-order valence-electron chi connectivity index (χ3n) is 3.16. The zero-order valence-electron chi connectivity index (χ0n) is 12.4. The number of aryl methyl sites for hydroxylation is 1. The van der Waals surface area contributed by atoms with E-state index in [9.17, 15) is 5.11 Å². The molecular weight excluding hydrogens is 268 g/mol. The Morgan fingerprint density at radius 1 is 1.48 bits per heavy atom. The molecule has 2 aromatic rings. The van der Waals surface area contributed by atoms with Crippen molar-refractivity contribution >= 4 is 5.69 Å². The lowest BCUT2D eigenvalue weighted by Crippen LogP contribution is -2.33. The van der Waals surface area contributed by atoms with E-state index in [0.29, 0.717) is 24.5 Å². The van der Waals surface area contributed by atoms with E-state index < -0.39 is 6.10 Å². The van der Waals surface area contributed by atoms with Crippen LogP contribution in [0.15, 0.2) is 36.7 Å². The minimum Gasteiger partial charge on any atom is -0.491 e. The molecule has 114 valence electrons. The van der Waals surface area contributed by atoms with Gasteiger partial charge in [-0.3, -0.25) is 4.90 Å². The van der Waals surface area contributed by atoms with Crippen molar-refractivity contribution in [2.24, 2.45) is 7.05 Å². The lowest BCUT2D eigenvalue weighted by atomic mass is 10.3. The number of benzene rings is 1. The quantitative estimate of drug-likeness (QED) is 0.740. The van der Waals surface area contributed by atoms with Crippen molar-refractivity contribution in [3.63, 3.8) is 0 Å². The molecule has 0 bridgehead atoms. The third kappa shape index (κ3) is 4.77. The van der Waals surface area contributed by atoms with Gasteiger partial charge in [0.1, 0.15) is 24.3 Å². The Hall–Kier alpha value is -2.05. The highest BCUT2D eigenvalue weighted by atomic mass is 16.5. The summed E-state index contributed by atoms with van der Waals surface area (Å²) in [4.78, 5) is 6.27. The molecule has 0 fully saturated rings. The summed E-state index contributed by atoms with van der Waals surface area (Å²) >= 11 is 0. The number of aliphatic hydroxyl groups is 1. The van der Waals surface area contributed by atoms with Crippen molar-refractivity contribution in [1.82, 2.24) is 14.5 Å². The molecular formula is C15H22N4O2. The van der Waals surface area contributed by atoms with Gasteiger partial charge in [0, 0.05) is 37.7 Å². The predicted octanol–water partition coefficient (Wildman–Crippen LogP) is 0.874. The first-order chi connectivity index (χ1) is 10.0. The highest BCUT2D eigenvalue weighted by Crippen LogP contribution is 2.14. The van der Waals surface area contributed by atoms with Crippen LogP contribution in [0, 0.1) is 0 Å². The number of hydrogen-bond donors (Lipinski definition) is 2. The van der Waals surface area contributed by atoms with Gasteiger partial charge < -0.3 is 20.1 Å². The molecule has 6 nitrogen and oxygen atoms in total. The molecule has 1 aromatic carbocycles. The number of anilines is 1. The molecule has 6 heteroatoms. The molecule has 1 heterocycles. The maximum Gasteiger partial charge on any atom is 0.122 e. The molecule has 0 aliphatic heterocycles. The van der Waals surface area contributed by atoms with E-state index >= 15 is 0 Å². The molecule has 3 N–H and O–H groups in total. The van der Waals surface area contributed by atoms with Crippen molar-refractivity contribution in [3.05, 3.63) is 42.5 Å². The van der Waals surface area contributed by atoms with Crippen molar-refractivity contribution in [2.45, 2.75) is 12.6 Å². The molecule has 2 rings (SSSR count). The molecule has 1 aromatic heterocycles. The fourth-order valence-electron chi connectivity index (χ4n) is 2.06. The highest BCUT2D eigenvalue weighted by molar-refractivity contribution is 5.43. The summed E-state index contributed by atoms with van der Waals surface area (Å²) in [6, 6.07) is 7.18. The van der Waals surface area contributed by atoms with Crippen LogP contribution in [0.2, 0.25) is 0 Å². The number of nitrogens with two attached hydrogens (primary N) is 1. The number of likely N-dealkylation sites (N-methyl/N-ethyl adjacent to an activating group) is 1. The first kappa shape index (κ1) is 15.3. The van der Waals surface area contributed by atoms with Crippen molar-refractivity contribution in [3.8, 4) is 5.75 Å². The zero-order valence-corrected chi connectivity index (χ0v) is 12.4. The van der Waals surface area contributed by atoms with E-state index in [4.69, 9.17) is 10.5 Å². The Morgan fingerprint density at radius 2 is 2.29 bits per heavy atom. The summed E-state index contributed by atoms with van der Waals surface area (Å²) in [5.41, 5.74) is 6.32. The Kier molecular flexibility index (Phi) is 5.19. The van der Waals surface area contributed by atoms with E-state index in [0.717, 1.165) is 5.82 Å². The van der Waals surface area contributed by atoms with Crippen LogP contribution >= 0.6 is 0 Å². The Labute approximate surface area is 124 Å². The van der Waals surface area contributed by atoms with Crippen LogP contribution in [0.4, 0.5) is 5.69 Å². The van der Waals surface area contributed by atoms with Crippen LogP contribution in [-0.4, -0.2) is 45.9 Å². The van der Waals surface area contributed by atoms with E-state index in [2.05, 4.69) is 4.98 Å². The van der Waals surface area contributed by atoms with Crippen LogP contribution in [0.1, 0.15) is 5.82 Å². The number of aromatic nitrogens is 2. The van der Waals surface area contributed by atoms with Crippen LogP contribution in [0.3, 0.4) is 0 Å². The maximum absolute atomic E-state index is 10.0. The van der Waals surface area contributed by atoms with E-state index in [1.54, 1.807) is 18.3 Å². The number of imidazole rings is 1. The van der Waals surface area contributed by atoms with Gasteiger partial charge in [-0.05, 0) is 19.2 Å². The number of nitrogens with zero attached hydrogens (tertiary/aromatic N) is 3. The van der Waals surface area contributed by atoms with E-state index in [1.165, 1.54) is 0 Å².